The topological polar surface area (TPSA) is 59.9 Å². The molecule has 22 heavy (non-hydrogen) atoms. The highest BCUT2D eigenvalue weighted by Crippen LogP contribution is 2.33. The molecule has 0 fully saturated rings. The Balaban J connectivity index is 2.24. The molecule has 2 aromatic heterocycles. The molecule has 0 bridgehead atoms. The van der Waals surface area contributed by atoms with Gasteiger partial charge in [0.1, 0.15) is 0 Å². The highest BCUT2D eigenvalue weighted by molar-refractivity contribution is 8.13. The zero-order chi connectivity index (χ0) is 15.6. The smallest absolute Gasteiger partial charge is 0.261 e. The minimum Gasteiger partial charge on any atom is -0.264 e. The van der Waals surface area contributed by atoms with Gasteiger partial charge in [-0.3, -0.25) is 9.97 Å². The minimum absolute atomic E-state index is 0.0646. The van der Waals surface area contributed by atoms with E-state index in [0.29, 0.717) is 11.1 Å². The summed E-state index contributed by atoms with van der Waals surface area (Å²) in [6.07, 6.45) is 6.64. The van der Waals surface area contributed by atoms with Crippen molar-refractivity contribution in [2.24, 2.45) is 0 Å². The first-order chi connectivity index (χ1) is 10.6. The molecule has 0 aliphatic heterocycles. The fourth-order valence-corrected chi connectivity index (χ4v) is 3.28. The fourth-order valence-electron chi connectivity index (χ4n) is 2.20. The van der Waals surface area contributed by atoms with Crippen LogP contribution < -0.4 is 0 Å². The number of benzene rings is 1. The van der Waals surface area contributed by atoms with Crippen LogP contribution in [-0.2, 0) is 9.05 Å². The molecule has 1 aromatic carbocycles. The zero-order valence-corrected chi connectivity index (χ0v) is 12.9. The van der Waals surface area contributed by atoms with Crippen LogP contribution in [0.15, 0.2) is 72.1 Å². The molecule has 3 rings (SSSR count). The van der Waals surface area contributed by atoms with Crippen molar-refractivity contribution in [1.29, 1.82) is 0 Å². The molecule has 2 heterocycles. The van der Waals surface area contributed by atoms with Crippen molar-refractivity contribution in [3.63, 3.8) is 0 Å². The van der Waals surface area contributed by atoms with E-state index in [1.54, 1.807) is 49.1 Å². The maximum atomic E-state index is 11.8. The zero-order valence-electron chi connectivity index (χ0n) is 11.3. The lowest BCUT2D eigenvalue weighted by Crippen LogP contribution is -1.96. The quantitative estimate of drug-likeness (QED) is 0.686. The van der Waals surface area contributed by atoms with Crippen LogP contribution in [0.2, 0.25) is 0 Å². The molecule has 4 nitrogen and oxygen atoms in total. The number of aromatic nitrogens is 2. The first-order valence-corrected chi connectivity index (χ1v) is 8.76. The van der Waals surface area contributed by atoms with Gasteiger partial charge in [-0.2, -0.15) is 0 Å². The first-order valence-electron chi connectivity index (χ1n) is 6.45. The van der Waals surface area contributed by atoms with Crippen LogP contribution in [0.3, 0.4) is 0 Å². The molecule has 6 heteroatoms. The first kappa shape index (κ1) is 14.7. The maximum Gasteiger partial charge on any atom is 0.261 e. The van der Waals surface area contributed by atoms with Gasteiger partial charge in [0.05, 0.1) is 4.90 Å². The monoisotopic (exact) mass is 330 g/mol. The van der Waals surface area contributed by atoms with E-state index >= 15 is 0 Å². The number of pyridine rings is 2. The largest absolute Gasteiger partial charge is 0.264 e. The standard InChI is InChI=1S/C16H11ClN2O2S/c17-22(20,21)16-6-5-12(13-3-1-7-18-10-13)9-15(16)14-4-2-8-19-11-14/h1-11H. The Labute approximate surface area is 132 Å². The van der Waals surface area contributed by atoms with Gasteiger partial charge in [-0.05, 0) is 29.8 Å². The van der Waals surface area contributed by atoms with Gasteiger partial charge in [0.2, 0.25) is 0 Å². The molecule has 0 saturated carbocycles. The van der Waals surface area contributed by atoms with Gasteiger partial charge < -0.3 is 0 Å². The highest BCUT2D eigenvalue weighted by Gasteiger charge is 2.17. The lowest BCUT2D eigenvalue weighted by Gasteiger charge is -2.10. The lowest BCUT2D eigenvalue weighted by atomic mass is 10.0. The Hall–Kier alpha value is -2.24. The second-order valence-corrected chi connectivity index (χ2v) is 7.17. The average molecular weight is 331 g/mol. The summed E-state index contributed by atoms with van der Waals surface area (Å²) in [5.74, 6) is 0. The molecule has 0 N–H and O–H groups in total. The Morgan fingerprint density at radius 3 is 2.00 bits per heavy atom. The molecule has 0 spiro atoms. The van der Waals surface area contributed by atoms with Crippen molar-refractivity contribution >= 4 is 19.7 Å². The van der Waals surface area contributed by atoms with Crippen molar-refractivity contribution in [3.8, 4) is 22.3 Å². The number of nitrogens with zero attached hydrogens (tertiary/aromatic N) is 2. The van der Waals surface area contributed by atoms with Crippen molar-refractivity contribution in [2.45, 2.75) is 4.90 Å². The van der Waals surface area contributed by atoms with E-state index in [9.17, 15) is 8.42 Å². The van der Waals surface area contributed by atoms with E-state index < -0.39 is 9.05 Å². The van der Waals surface area contributed by atoms with Crippen molar-refractivity contribution < 1.29 is 8.42 Å². The summed E-state index contributed by atoms with van der Waals surface area (Å²) in [5.41, 5.74) is 2.96. The third-order valence-electron chi connectivity index (χ3n) is 3.21. The van der Waals surface area contributed by atoms with E-state index in [-0.39, 0.29) is 4.90 Å². The number of hydrogen-bond donors (Lipinski definition) is 0. The highest BCUT2D eigenvalue weighted by atomic mass is 35.7. The van der Waals surface area contributed by atoms with E-state index in [4.69, 9.17) is 10.7 Å². The van der Waals surface area contributed by atoms with Gasteiger partial charge >= 0.3 is 0 Å². The Bertz CT molecular complexity index is 898. The van der Waals surface area contributed by atoms with Crippen LogP contribution in [0.4, 0.5) is 0 Å². The molecule has 0 amide bonds. The molecule has 0 radical (unpaired) electrons. The van der Waals surface area contributed by atoms with E-state index in [2.05, 4.69) is 9.97 Å². The Morgan fingerprint density at radius 1 is 0.818 bits per heavy atom. The van der Waals surface area contributed by atoms with E-state index in [1.165, 1.54) is 6.07 Å². The van der Waals surface area contributed by atoms with Crippen molar-refractivity contribution in [1.82, 2.24) is 9.97 Å². The third-order valence-corrected chi connectivity index (χ3v) is 4.59. The summed E-state index contributed by atoms with van der Waals surface area (Å²) in [4.78, 5) is 8.18. The molecule has 0 saturated heterocycles. The molecular formula is C16H11ClN2O2S. The molecule has 0 unspecified atom stereocenters. The average Bonchev–Trinajstić information content (AvgIpc) is 2.55. The summed E-state index contributed by atoms with van der Waals surface area (Å²) in [6.45, 7) is 0. The summed E-state index contributed by atoms with van der Waals surface area (Å²) >= 11 is 0. The van der Waals surface area contributed by atoms with Crippen molar-refractivity contribution in [2.75, 3.05) is 0 Å². The Kier molecular flexibility index (Phi) is 3.92. The second-order valence-electron chi connectivity index (χ2n) is 4.63. The summed E-state index contributed by atoms with van der Waals surface area (Å²) in [7, 11) is 1.70. The van der Waals surface area contributed by atoms with E-state index in [1.807, 2.05) is 12.1 Å². The van der Waals surface area contributed by atoms with Crippen LogP contribution in [0, 0.1) is 0 Å². The Morgan fingerprint density at radius 2 is 1.45 bits per heavy atom. The predicted molar refractivity (Wildman–Crippen MR) is 85.9 cm³/mol. The minimum atomic E-state index is -3.85. The number of hydrogen-bond acceptors (Lipinski definition) is 4. The van der Waals surface area contributed by atoms with Gasteiger partial charge in [0, 0.05) is 52.2 Å². The van der Waals surface area contributed by atoms with Crippen LogP contribution in [0.5, 0.6) is 0 Å². The summed E-state index contributed by atoms with van der Waals surface area (Å²) in [6, 6.07) is 12.3. The van der Waals surface area contributed by atoms with Crippen LogP contribution >= 0.6 is 10.7 Å². The molecular weight excluding hydrogens is 320 g/mol. The van der Waals surface area contributed by atoms with Gasteiger partial charge in [0.25, 0.3) is 9.05 Å². The van der Waals surface area contributed by atoms with Crippen LogP contribution in [0.1, 0.15) is 0 Å². The van der Waals surface area contributed by atoms with Gasteiger partial charge in [0.15, 0.2) is 0 Å². The summed E-state index contributed by atoms with van der Waals surface area (Å²) < 4.78 is 23.6. The third kappa shape index (κ3) is 3.00. The molecule has 0 aliphatic rings. The molecule has 3 aromatic rings. The normalized spacial score (nSPS) is 11.3. The van der Waals surface area contributed by atoms with Gasteiger partial charge in [-0.15, -0.1) is 0 Å². The predicted octanol–water partition coefficient (Wildman–Crippen LogP) is 3.74. The molecule has 110 valence electrons. The van der Waals surface area contributed by atoms with Gasteiger partial charge in [-0.1, -0.05) is 18.2 Å². The SMILES string of the molecule is O=S(=O)(Cl)c1ccc(-c2cccnc2)cc1-c1cccnc1. The van der Waals surface area contributed by atoms with E-state index in [0.717, 1.165) is 11.1 Å². The van der Waals surface area contributed by atoms with Crippen molar-refractivity contribution in [3.05, 3.63) is 67.3 Å². The van der Waals surface area contributed by atoms with Crippen LogP contribution in [-0.4, -0.2) is 18.4 Å². The summed E-state index contributed by atoms with van der Waals surface area (Å²) in [5, 5.41) is 0. The number of halogens is 1. The number of rotatable bonds is 3. The fraction of sp³-hybridized carbons (Fsp3) is 0. The van der Waals surface area contributed by atoms with Gasteiger partial charge in [-0.25, -0.2) is 8.42 Å². The molecule has 0 atom stereocenters. The second kappa shape index (κ2) is 5.87. The lowest BCUT2D eigenvalue weighted by molar-refractivity contribution is 0.610. The molecule has 0 aliphatic carbocycles. The maximum absolute atomic E-state index is 11.8. The van der Waals surface area contributed by atoms with Crippen LogP contribution in [0.25, 0.3) is 22.3 Å².